The average molecular weight is 389 g/mol. The highest BCUT2D eigenvalue weighted by atomic mass is 79.9. The summed E-state index contributed by atoms with van der Waals surface area (Å²) in [5.41, 5.74) is 4.52. The molecule has 2 rings (SSSR count). The zero-order chi connectivity index (χ0) is 15.7. The van der Waals surface area contributed by atoms with Crippen molar-refractivity contribution >= 4 is 38.9 Å². The Labute approximate surface area is 143 Å². The minimum absolute atomic E-state index is 0.0161. The minimum atomic E-state index is 0.0161. The van der Waals surface area contributed by atoms with Gasteiger partial charge >= 0.3 is 0 Å². The van der Waals surface area contributed by atoms with E-state index in [2.05, 4.69) is 46.5 Å². The second-order valence-electron chi connectivity index (χ2n) is 5.07. The second-order valence-corrected chi connectivity index (χ2v) is 7.21. The van der Waals surface area contributed by atoms with Crippen molar-refractivity contribution in [3.05, 3.63) is 48.1 Å². The Kier molecular flexibility index (Phi) is 5.36. The van der Waals surface area contributed by atoms with E-state index < -0.39 is 0 Å². The number of rotatable bonds is 4. The summed E-state index contributed by atoms with van der Waals surface area (Å²) in [6.07, 6.45) is 0. The fourth-order valence-corrected chi connectivity index (χ4v) is 4.52. The zero-order valence-electron chi connectivity index (χ0n) is 12.8. The van der Waals surface area contributed by atoms with Gasteiger partial charge in [-0.2, -0.15) is 0 Å². The fraction of sp³-hybridized carbons (Fsp3) is 0.375. The summed E-state index contributed by atoms with van der Waals surface area (Å²) in [4.78, 5) is 1.12. The number of methoxy groups -OCH3 is 1. The Balaban J connectivity index is 2.70. The zero-order valence-corrected chi connectivity index (χ0v) is 16.0. The van der Waals surface area contributed by atoms with Crippen molar-refractivity contribution in [1.29, 1.82) is 0 Å². The number of hydrogen-bond donors (Lipinski definition) is 1. The maximum absolute atomic E-state index is 6.48. The Morgan fingerprint density at radius 1 is 1.29 bits per heavy atom. The molecule has 114 valence electrons. The van der Waals surface area contributed by atoms with Gasteiger partial charge in [-0.3, -0.25) is 0 Å². The molecule has 1 aromatic heterocycles. The van der Waals surface area contributed by atoms with Crippen LogP contribution in [0.1, 0.15) is 33.2 Å². The van der Waals surface area contributed by atoms with Gasteiger partial charge in [-0.1, -0.05) is 27.5 Å². The third-order valence-corrected chi connectivity index (χ3v) is 6.28. The molecule has 0 saturated carbocycles. The summed E-state index contributed by atoms with van der Waals surface area (Å²) in [7, 11) is 3.67. The second kappa shape index (κ2) is 6.69. The number of aryl methyl sites for hydroxylation is 2. The normalized spacial score (nSPS) is 12.5. The molecule has 0 amide bonds. The fourth-order valence-electron chi connectivity index (χ4n) is 2.54. The molecule has 2 aromatic rings. The number of benzene rings is 1. The molecule has 0 spiro atoms. The van der Waals surface area contributed by atoms with Gasteiger partial charge in [-0.15, -0.1) is 11.3 Å². The van der Waals surface area contributed by atoms with Crippen LogP contribution in [0, 0.1) is 20.8 Å². The van der Waals surface area contributed by atoms with Crippen molar-refractivity contribution in [2.45, 2.75) is 26.8 Å². The van der Waals surface area contributed by atoms with Gasteiger partial charge in [0, 0.05) is 14.9 Å². The molecule has 0 fully saturated rings. The molecule has 0 aliphatic carbocycles. The molecule has 0 bridgehead atoms. The average Bonchev–Trinajstić information content (AvgIpc) is 2.77. The first-order chi connectivity index (χ1) is 9.92. The molecule has 1 N–H and O–H groups in total. The summed E-state index contributed by atoms with van der Waals surface area (Å²) in [5.74, 6) is 0.914. The largest absolute Gasteiger partial charge is 0.496 e. The van der Waals surface area contributed by atoms with Crippen molar-refractivity contribution < 1.29 is 4.74 Å². The van der Waals surface area contributed by atoms with Crippen LogP contribution in [0.4, 0.5) is 0 Å². The Morgan fingerprint density at radius 3 is 2.43 bits per heavy atom. The molecule has 1 heterocycles. The van der Waals surface area contributed by atoms with E-state index >= 15 is 0 Å². The van der Waals surface area contributed by atoms with Crippen molar-refractivity contribution in [3.63, 3.8) is 0 Å². The molecule has 2 nitrogen and oxygen atoms in total. The van der Waals surface area contributed by atoms with Crippen LogP contribution in [0.25, 0.3) is 0 Å². The standard InChI is InChI=1S/C16H19BrClNOS/c1-8-6-11(17)10(3)12(15(8)20-5)14(19-4)16-13(18)9(2)7-21-16/h6-7,14,19H,1-5H3. The van der Waals surface area contributed by atoms with E-state index in [9.17, 15) is 0 Å². The van der Waals surface area contributed by atoms with Crippen LogP contribution in [-0.4, -0.2) is 14.2 Å². The van der Waals surface area contributed by atoms with Crippen molar-refractivity contribution in [2.75, 3.05) is 14.2 Å². The lowest BCUT2D eigenvalue weighted by Gasteiger charge is -2.23. The predicted octanol–water partition coefficient (Wildman–Crippen LogP) is 5.41. The Bertz CT molecular complexity index is 669. The van der Waals surface area contributed by atoms with Crippen LogP contribution in [0.2, 0.25) is 5.02 Å². The first kappa shape index (κ1) is 16.8. The van der Waals surface area contributed by atoms with E-state index in [4.69, 9.17) is 16.3 Å². The minimum Gasteiger partial charge on any atom is -0.496 e. The summed E-state index contributed by atoms with van der Waals surface area (Å²) in [6, 6.07) is 2.11. The SMILES string of the molecule is CNC(c1scc(C)c1Cl)c1c(C)c(Br)cc(C)c1OC. The number of thiophene rings is 1. The highest BCUT2D eigenvalue weighted by Gasteiger charge is 2.25. The molecule has 5 heteroatoms. The molecule has 1 aromatic carbocycles. The summed E-state index contributed by atoms with van der Waals surface area (Å²) >= 11 is 11.8. The van der Waals surface area contributed by atoms with Crippen LogP contribution < -0.4 is 10.1 Å². The lowest BCUT2D eigenvalue weighted by Crippen LogP contribution is -2.19. The van der Waals surface area contributed by atoms with E-state index in [-0.39, 0.29) is 6.04 Å². The van der Waals surface area contributed by atoms with E-state index in [1.165, 1.54) is 5.56 Å². The molecule has 0 saturated heterocycles. The van der Waals surface area contributed by atoms with Gasteiger partial charge in [0.1, 0.15) is 5.75 Å². The molecular formula is C16H19BrClNOS. The van der Waals surface area contributed by atoms with Crippen molar-refractivity contribution in [1.82, 2.24) is 5.32 Å². The molecule has 0 radical (unpaired) electrons. The lowest BCUT2D eigenvalue weighted by molar-refractivity contribution is 0.402. The van der Waals surface area contributed by atoms with Gasteiger partial charge in [-0.25, -0.2) is 0 Å². The highest BCUT2D eigenvalue weighted by Crippen LogP contribution is 2.43. The van der Waals surface area contributed by atoms with Gasteiger partial charge < -0.3 is 10.1 Å². The van der Waals surface area contributed by atoms with Crippen LogP contribution >= 0.6 is 38.9 Å². The molecule has 0 aliphatic heterocycles. The molecule has 1 atom stereocenters. The van der Waals surface area contributed by atoms with Crippen molar-refractivity contribution in [3.8, 4) is 5.75 Å². The van der Waals surface area contributed by atoms with Gasteiger partial charge in [0.15, 0.2) is 0 Å². The van der Waals surface area contributed by atoms with E-state index in [1.807, 2.05) is 14.0 Å². The summed E-state index contributed by atoms with van der Waals surface area (Å²) in [5, 5.41) is 6.31. The summed E-state index contributed by atoms with van der Waals surface area (Å²) < 4.78 is 6.75. The highest BCUT2D eigenvalue weighted by molar-refractivity contribution is 9.10. The smallest absolute Gasteiger partial charge is 0.127 e. The molecule has 0 aliphatic rings. The Morgan fingerprint density at radius 2 is 1.95 bits per heavy atom. The van der Waals surface area contributed by atoms with Gasteiger partial charge in [-0.05, 0) is 56.0 Å². The van der Waals surface area contributed by atoms with E-state index in [0.29, 0.717) is 0 Å². The number of hydrogen-bond acceptors (Lipinski definition) is 3. The van der Waals surface area contributed by atoms with Crippen LogP contribution in [-0.2, 0) is 0 Å². The molecular weight excluding hydrogens is 370 g/mol. The van der Waals surface area contributed by atoms with Crippen molar-refractivity contribution in [2.24, 2.45) is 0 Å². The molecule has 1 unspecified atom stereocenters. The summed E-state index contributed by atoms with van der Waals surface area (Å²) in [6.45, 7) is 6.19. The maximum atomic E-state index is 6.48. The van der Waals surface area contributed by atoms with Crippen LogP contribution in [0.3, 0.4) is 0 Å². The van der Waals surface area contributed by atoms with Crippen LogP contribution in [0.5, 0.6) is 5.75 Å². The number of nitrogens with one attached hydrogen (secondary N) is 1. The number of halogens is 2. The van der Waals surface area contributed by atoms with Gasteiger partial charge in [0.05, 0.1) is 18.2 Å². The van der Waals surface area contributed by atoms with Gasteiger partial charge in [0.25, 0.3) is 0 Å². The third-order valence-electron chi connectivity index (χ3n) is 3.68. The molecule has 21 heavy (non-hydrogen) atoms. The maximum Gasteiger partial charge on any atom is 0.127 e. The van der Waals surface area contributed by atoms with Crippen LogP contribution in [0.15, 0.2) is 15.9 Å². The van der Waals surface area contributed by atoms with E-state index in [1.54, 1.807) is 18.4 Å². The monoisotopic (exact) mass is 387 g/mol. The first-order valence-corrected chi connectivity index (χ1v) is 8.71. The predicted molar refractivity (Wildman–Crippen MR) is 95.1 cm³/mol. The number of ether oxygens (including phenoxy) is 1. The first-order valence-electron chi connectivity index (χ1n) is 6.66. The third kappa shape index (κ3) is 3.00. The topological polar surface area (TPSA) is 21.3 Å². The van der Waals surface area contributed by atoms with E-state index in [0.717, 1.165) is 36.8 Å². The van der Waals surface area contributed by atoms with Gasteiger partial charge in [0.2, 0.25) is 0 Å². The Hall–Kier alpha value is -0.550. The lowest BCUT2D eigenvalue weighted by atomic mass is 9.96. The quantitative estimate of drug-likeness (QED) is 0.756.